The Kier molecular flexibility index (Phi) is 11.3. The quantitative estimate of drug-likeness (QED) is 0.167. The summed E-state index contributed by atoms with van der Waals surface area (Å²) in [6.07, 6.45) is 4.03. The first-order valence-corrected chi connectivity index (χ1v) is 18.0. The number of anilines is 1. The van der Waals surface area contributed by atoms with E-state index >= 15 is 0 Å². The van der Waals surface area contributed by atoms with Gasteiger partial charge in [-0.25, -0.2) is 8.42 Å². The molecule has 1 aliphatic rings. The average molecular weight is 693 g/mol. The van der Waals surface area contributed by atoms with Crippen LogP contribution in [0, 0.1) is 13.8 Å². The number of sulfonamides is 1. The molecule has 0 heterocycles. The zero-order valence-electron chi connectivity index (χ0n) is 26.5. The number of aryl methyl sites for hydroxylation is 2. The predicted octanol–water partition coefficient (Wildman–Crippen LogP) is 7.50. The molecule has 1 fully saturated rings. The van der Waals surface area contributed by atoms with Crippen LogP contribution in [0.5, 0.6) is 0 Å². The van der Waals surface area contributed by atoms with Gasteiger partial charge in [0.05, 0.1) is 10.6 Å². The smallest absolute Gasteiger partial charge is 0.264 e. The van der Waals surface area contributed by atoms with Crippen molar-refractivity contribution in [1.29, 1.82) is 0 Å². The van der Waals surface area contributed by atoms with E-state index < -0.39 is 28.5 Å². The second kappa shape index (κ2) is 15.4. The number of amides is 2. The maximum atomic E-state index is 14.7. The molecule has 2 amide bonds. The molecule has 7 nitrogen and oxygen atoms in total. The van der Waals surface area contributed by atoms with Crippen molar-refractivity contribution in [2.24, 2.45) is 0 Å². The third kappa shape index (κ3) is 8.55. The Morgan fingerprint density at radius 1 is 0.872 bits per heavy atom. The van der Waals surface area contributed by atoms with Crippen LogP contribution in [0.2, 0.25) is 10.0 Å². The van der Waals surface area contributed by atoms with Crippen LogP contribution >= 0.6 is 23.2 Å². The van der Waals surface area contributed by atoms with Crippen LogP contribution in [0.1, 0.15) is 47.9 Å². The van der Waals surface area contributed by atoms with Gasteiger partial charge in [0.15, 0.2) is 0 Å². The Morgan fingerprint density at radius 3 is 2.17 bits per heavy atom. The minimum Gasteiger partial charge on any atom is -0.352 e. The highest BCUT2D eigenvalue weighted by Crippen LogP contribution is 2.30. The van der Waals surface area contributed by atoms with Crippen LogP contribution < -0.4 is 9.62 Å². The van der Waals surface area contributed by atoms with Gasteiger partial charge in [-0.15, -0.1) is 0 Å². The fraction of sp³-hybridized carbons (Fsp3) is 0.297. The summed E-state index contributed by atoms with van der Waals surface area (Å²) in [4.78, 5) is 30.4. The summed E-state index contributed by atoms with van der Waals surface area (Å²) in [5.74, 6) is -0.832. The highest BCUT2D eigenvalue weighted by molar-refractivity contribution is 7.92. The molecule has 0 saturated heterocycles. The van der Waals surface area contributed by atoms with E-state index in [9.17, 15) is 18.0 Å². The van der Waals surface area contributed by atoms with Gasteiger partial charge in [0.2, 0.25) is 11.8 Å². The highest BCUT2D eigenvalue weighted by atomic mass is 35.5. The number of hydrogen-bond acceptors (Lipinski definition) is 4. The molecular weight excluding hydrogens is 653 g/mol. The maximum absolute atomic E-state index is 14.7. The number of nitrogens with zero attached hydrogens (tertiary/aromatic N) is 2. The van der Waals surface area contributed by atoms with Crippen LogP contribution in [-0.2, 0) is 32.6 Å². The van der Waals surface area contributed by atoms with Gasteiger partial charge in [-0.1, -0.05) is 108 Å². The van der Waals surface area contributed by atoms with Gasteiger partial charge < -0.3 is 10.2 Å². The van der Waals surface area contributed by atoms with Crippen molar-refractivity contribution in [3.8, 4) is 0 Å². The van der Waals surface area contributed by atoms with E-state index in [0.29, 0.717) is 26.9 Å². The summed E-state index contributed by atoms with van der Waals surface area (Å²) in [5.41, 5.74) is 3.49. The van der Waals surface area contributed by atoms with E-state index in [-0.39, 0.29) is 29.8 Å². The lowest BCUT2D eigenvalue weighted by Crippen LogP contribution is -2.54. The molecule has 1 aliphatic carbocycles. The first-order valence-electron chi connectivity index (χ1n) is 15.8. The van der Waals surface area contributed by atoms with Crippen LogP contribution in [0.3, 0.4) is 0 Å². The zero-order valence-corrected chi connectivity index (χ0v) is 28.9. The SMILES string of the molecule is Cc1ccc(N(CC(=O)N(Cc2ccc(Cl)cc2Cl)[C@@H](Cc2ccccc2)C(=O)NC2CCCC2)S(=O)(=O)c2ccccc2)c(C)c1. The van der Waals surface area contributed by atoms with Crippen molar-refractivity contribution in [3.63, 3.8) is 0 Å². The highest BCUT2D eigenvalue weighted by Gasteiger charge is 2.36. The number of benzene rings is 4. The van der Waals surface area contributed by atoms with Crippen molar-refractivity contribution >= 4 is 50.7 Å². The molecular formula is C37H39Cl2N3O4S. The van der Waals surface area contributed by atoms with Crippen molar-refractivity contribution < 1.29 is 18.0 Å². The number of hydrogen-bond donors (Lipinski definition) is 1. The third-order valence-electron chi connectivity index (χ3n) is 8.56. The van der Waals surface area contributed by atoms with Gasteiger partial charge in [0.1, 0.15) is 12.6 Å². The summed E-state index contributed by atoms with van der Waals surface area (Å²) in [6, 6.07) is 27.0. The predicted molar refractivity (Wildman–Crippen MR) is 188 cm³/mol. The largest absolute Gasteiger partial charge is 0.352 e. The lowest BCUT2D eigenvalue weighted by Gasteiger charge is -2.35. The summed E-state index contributed by atoms with van der Waals surface area (Å²) in [5, 5.41) is 3.96. The molecule has 246 valence electrons. The number of halogens is 2. The maximum Gasteiger partial charge on any atom is 0.264 e. The van der Waals surface area contributed by atoms with E-state index in [4.69, 9.17) is 23.2 Å². The molecule has 0 aliphatic heterocycles. The fourth-order valence-electron chi connectivity index (χ4n) is 6.07. The molecule has 0 bridgehead atoms. The Bertz CT molecular complexity index is 1810. The molecule has 0 unspecified atom stereocenters. The second-order valence-corrected chi connectivity index (χ2v) is 14.8. The van der Waals surface area contributed by atoms with E-state index in [2.05, 4.69) is 5.32 Å². The van der Waals surface area contributed by atoms with E-state index in [1.807, 2.05) is 56.3 Å². The minimum absolute atomic E-state index is 0.0158. The standard InChI is InChI=1S/C37H39Cl2N3O4S/c1-26-17-20-34(27(2)21-26)42(47(45,46)32-15-7-4-8-16-32)25-36(43)41(24-29-18-19-30(38)23-33(29)39)35(22-28-11-5-3-6-12-28)37(44)40-31-13-9-10-14-31/h3-8,11-12,15-21,23,31,35H,9-10,13-14,22,24-25H2,1-2H3,(H,40,44)/t35-/m0/s1. The van der Waals surface area contributed by atoms with E-state index in [0.717, 1.165) is 41.1 Å². The molecule has 4 aromatic rings. The van der Waals surface area contributed by atoms with Crippen LogP contribution in [0.25, 0.3) is 0 Å². The molecule has 0 spiro atoms. The third-order valence-corrected chi connectivity index (χ3v) is 10.9. The molecule has 4 aromatic carbocycles. The topological polar surface area (TPSA) is 86.8 Å². The van der Waals surface area contributed by atoms with Crippen molar-refractivity contribution in [2.45, 2.75) is 69.5 Å². The molecule has 1 N–H and O–H groups in total. The molecule has 1 atom stereocenters. The molecule has 5 rings (SSSR count). The molecule has 0 aromatic heterocycles. The van der Waals surface area contributed by atoms with E-state index in [1.165, 1.54) is 17.0 Å². The summed E-state index contributed by atoms with van der Waals surface area (Å²) < 4.78 is 29.6. The van der Waals surface area contributed by atoms with Gasteiger partial charge in [-0.05, 0) is 73.7 Å². The van der Waals surface area contributed by atoms with Gasteiger partial charge in [-0.3, -0.25) is 13.9 Å². The minimum atomic E-state index is -4.19. The molecule has 1 saturated carbocycles. The van der Waals surface area contributed by atoms with Crippen LogP contribution in [0.4, 0.5) is 5.69 Å². The van der Waals surface area contributed by atoms with Gasteiger partial charge in [-0.2, -0.15) is 0 Å². The number of carbonyl (C=O) groups is 2. The number of nitrogens with one attached hydrogen (secondary N) is 1. The molecule has 10 heteroatoms. The number of rotatable bonds is 12. The van der Waals surface area contributed by atoms with Gasteiger partial charge in [0.25, 0.3) is 10.0 Å². The van der Waals surface area contributed by atoms with Crippen molar-refractivity contribution in [3.05, 3.63) is 129 Å². The van der Waals surface area contributed by atoms with Crippen molar-refractivity contribution in [1.82, 2.24) is 10.2 Å². The van der Waals surface area contributed by atoms with Crippen LogP contribution in [0.15, 0.2) is 102 Å². The van der Waals surface area contributed by atoms with Gasteiger partial charge >= 0.3 is 0 Å². The molecule has 0 radical (unpaired) electrons. The Morgan fingerprint density at radius 2 is 1.53 bits per heavy atom. The summed E-state index contributed by atoms with van der Waals surface area (Å²) >= 11 is 12.8. The first kappa shape index (κ1) is 34.5. The van der Waals surface area contributed by atoms with Crippen LogP contribution in [-0.4, -0.2) is 43.8 Å². The molecule has 47 heavy (non-hydrogen) atoms. The Balaban J connectivity index is 1.60. The first-order chi connectivity index (χ1) is 22.5. The monoisotopic (exact) mass is 691 g/mol. The van der Waals surface area contributed by atoms with Gasteiger partial charge in [0, 0.05) is 29.1 Å². The number of carbonyl (C=O) groups excluding carboxylic acids is 2. The summed E-state index contributed by atoms with van der Waals surface area (Å²) in [7, 11) is -4.19. The zero-order chi connectivity index (χ0) is 33.6. The Labute approximate surface area is 287 Å². The lowest BCUT2D eigenvalue weighted by molar-refractivity contribution is -0.140. The Hall–Kier alpha value is -3.85. The summed E-state index contributed by atoms with van der Waals surface area (Å²) in [6.45, 7) is 3.18. The van der Waals surface area contributed by atoms with E-state index in [1.54, 1.807) is 42.5 Å². The second-order valence-electron chi connectivity index (χ2n) is 12.1. The fourth-order valence-corrected chi connectivity index (χ4v) is 8.04. The van der Waals surface area contributed by atoms with Crippen molar-refractivity contribution in [2.75, 3.05) is 10.8 Å². The lowest BCUT2D eigenvalue weighted by atomic mass is 10.0. The average Bonchev–Trinajstić information content (AvgIpc) is 3.56. The normalized spacial score (nSPS) is 14.0.